The number of hydrogen-bond donors (Lipinski definition) is 2. The molecule has 15 heavy (non-hydrogen) atoms. The molecule has 0 aliphatic carbocycles. The van der Waals surface area contributed by atoms with Crippen molar-refractivity contribution in [3.8, 4) is 6.07 Å². The second kappa shape index (κ2) is 5.15. The standard InChI is InChI=1S/C10H14N2O3/c1-4-8(13)12-10(5-2,6-11)7(3)9(14)15/h3-5H2,1-2H3,(H,12,13)(H,14,15). The Labute approximate surface area is 88.4 Å². The fourth-order valence-electron chi connectivity index (χ4n) is 1.06. The largest absolute Gasteiger partial charge is 0.478 e. The minimum Gasteiger partial charge on any atom is -0.478 e. The number of hydrogen-bond acceptors (Lipinski definition) is 3. The van der Waals surface area contributed by atoms with E-state index in [1.54, 1.807) is 19.9 Å². The van der Waals surface area contributed by atoms with Gasteiger partial charge in [0.2, 0.25) is 5.91 Å². The van der Waals surface area contributed by atoms with Crippen LogP contribution in [-0.4, -0.2) is 22.5 Å². The minimum absolute atomic E-state index is 0.167. The van der Waals surface area contributed by atoms with Crippen molar-refractivity contribution < 1.29 is 14.7 Å². The van der Waals surface area contributed by atoms with Crippen LogP contribution < -0.4 is 5.32 Å². The second-order valence-corrected chi connectivity index (χ2v) is 3.06. The molecule has 0 rings (SSSR count). The lowest BCUT2D eigenvalue weighted by atomic mass is 9.89. The van der Waals surface area contributed by atoms with Gasteiger partial charge in [-0.3, -0.25) is 4.79 Å². The van der Waals surface area contributed by atoms with Gasteiger partial charge in [-0.25, -0.2) is 4.79 Å². The number of nitrogens with one attached hydrogen (secondary N) is 1. The Hall–Kier alpha value is -1.83. The molecule has 0 fully saturated rings. The van der Waals surface area contributed by atoms with E-state index in [4.69, 9.17) is 10.4 Å². The van der Waals surface area contributed by atoms with Crippen LogP contribution in [0.3, 0.4) is 0 Å². The predicted molar refractivity (Wildman–Crippen MR) is 53.8 cm³/mol. The van der Waals surface area contributed by atoms with Gasteiger partial charge < -0.3 is 10.4 Å². The molecule has 5 nitrogen and oxygen atoms in total. The molecule has 0 aliphatic rings. The van der Waals surface area contributed by atoms with Crippen molar-refractivity contribution in [3.63, 3.8) is 0 Å². The van der Waals surface area contributed by atoms with E-state index in [0.717, 1.165) is 0 Å². The quantitative estimate of drug-likeness (QED) is 0.657. The van der Waals surface area contributed by atoms with Gasteiger partial charge in [0.1, 0.15) is 0 Å². The lowest BCUT2D eigenvalue weighted by molar-refractivity contribution is -0.133. The first-order valence-electron chi connectivity index (χ1n) is 4.58. The highest BCUT2D eigenvalue weighted by molar-refractivity contribution is 5.91. The average molecular weight is 210 g/mol. The summed E-state index contributed by atoms with van der Waals surface area (Å²) in [7, 11) is 0. The zero-order valence-electron chi connectivity index (χ0n) is 8.83. The number of carboxylic acids is 1. The Balaban J connectivity index is 5.07. The van der Waals surface area contributed by atoms with Crippen LogP contribution in [0.15, 0.2) is 12.2 Å². The van der Waals surface area contributed by atoms with Gasteiger partial charge in [0.25, 0.3) is 0 Å². The molecule has 0 aromatic rings. The van der Waals surface area contributed by atoms with E-state index < -0.39 is 11.5 Å². The Morgan fingerprint density at radius 3 is 2.33 bits per heavy atom. The fourth-order valence-corrected chi connectivity index (χ4v) is 1.06. The molecule has 1 unspecified atom stereocenters. The SMILES string of the molecule is C=C(C(=O)O)C(C#N)(CC)NC(=O)CC. The van der Waals surface area contributed by atoms with Crippen molar-refractivity contribution in [2.75, 3.05) is 0 Å². The summed E-state index contributed by atoms with van der Waals surface area (Å²) in [6.45, 7) is 6.56. The number of carbonyl (C=O) groups is 2. The number of rotatable bonds is 5. The molecule has 0 radical (unpaired) electrons. The monoisotopic (exact) mass is 210 g/mol. The minimum atomic E-state index is -1.50. The van der Waals surface area contributed by atoms with Crippen LogP contribution in [0, 0.1) is 11.3 Å². The zero-order valence-corrected chi connectivity index (χ0v) is 8.83. The maximum atomic E-state index is 11.2. The highest BCUT2D eigenvalue weighted by atomic mass is 16.4. The number of aliphatic carboxylic acids is 1. The second-order valence-electron chi connectivity index (χ2n) is 3.06. The molecule has 0 saturated heterocycles. The molecule has 0 saturated carbocycles. The third-order valence-corrected chi connectivity index (χ3v) is 2.17. The molecule has 2 N–H and O–H groups in total. The zero-order chi connectivity index (χ0) is 12.1. The summed E-state index contributed by atoms with van der Waals surface area (Å²) in [5, 5.41) is 20.1. The molecule has 0 aliphatic heterocycles. The Kier molecular flexibility index (Phi) is 4.52. The van der Waals surface area contributed by atoms with Gasteiger partial charge in [-0.2, -0.15) is 5.26 Å². The van der Waals surface area contributed by atoms with Gasteiger partial charge in [0, 0.05) is 6.42 Å². The van der Waals surface area contributed by atoms with Gasteiger partial charge in [0.05, 0.1) is 11.6 Å². The number of nitrogens with zero attached hydrogens (tertiary/aromatic N) is 1. The van der Waals surface area contributed by atoms with Crippen molar-refractivity contribution in [3.05, 3.63) is 12.2 Å². The number of carbonyl (C=O) groups excluding carboxylic acids is 1. The first-order valence-corrected chi connectivity index (χ1v) is 4.58. The summed E-state index contributed by atoms with van der Waals surface area (Å²) in [5.41, 5.74) is -1.81. The molecular formula is C10H14N2O3. The van der Waals surface area contributed by atoms with E-state index in [1.807, 2.05) is 0 Å². The van der Waals surface area contributed by atoms with E-state index in [2.05, 4.69) is 11.9 Å². The molecule has 0 heterocycles. The van der Waals surface area contributed by atoms with Gasteiger partial charge in [0.15, 0.2) is 5.54 Å². The van der Waals surface area contributed by atoms with Crippen LogP contribution in [0.2, 0.25) is 0 Å². The normalized spacial score (nSPS) is 13.4. The molecule has 82 valence electrons. The van der Waals surface area contributed by atoms with Crippen molar-refractivity contribution in [1.82, 2.24) is 5.32 Å². The Morgan fingerprint density at radius 2 is 2.07 bits per heavy atom. The topological polar surface area (TPSA) is 90.2 Å². The first kappa shape index (κ1) is 13.2. The fraction of sp³-hybridized carbons (Fsp3) is 0.500. The lowest BCUT2D eigenvalue weighted by Gasteiger charge is -2.26. The highest BCUT2D eigenvalue weighted by Gasteiger charge is 2.36. The smallest absolute Gasteiger partial charge is 0.334 e. The van der Waals surface area contributed by atoms with Crippen LogP contribution >= 0.6 is 0 Å². The predicted octanol–water partition coefficient (Wildman–Crippen LogP) is 0.826. The number of nitriles is 1. The third kappa shape index (κ3) is 2.81. The molecule has 5 heteroatoms. The lowest BCUT2D eigenvalue weighted by Crippen LogP contribution is -2.49. The van der Waals surface area contributed by atoms with Crippen LogP contribution in [0.4, 0.5) is 0 Å². The summed E-state index contributed by atoms with van der Waals surface area (Å²) in [6, 6.07) is 1.80. The Bertz CT molecular complexity index is 330. The summed E-state index contributed by atoms with van der Waals surface area (Å²) in [4.78, 5) is 21.9. The number of carboxylic acid groups (broad SMARTS) is 1. The average Bonchev–Trinajstić information content (AvgIpc) is 2.24. The number of amides is 1. The maximum Gasteiger partial charge on any atom is 0.334 e. The van der Waals surface area contributed by atoms with E-state index in [0.29, 0.717) is 0 Å². The van der Waals surface area contributed by atoms with E-state index in [9.17, 15) is 9.59 Å². The summed E-state index contributed by atoms with van der Waals surface area (Å²) in [5.74, 6) is -1.66. The van der Waals surface area contributed by atoms with Crippen LogP contribution in [0.1, 0.15) is 26.7 Å². The van der Waals surface area contributed by atoms with E-state index in [1.165, 1.54) is 0 Å². The van der Waals surface area contributed by atoms with Crippen LogP contribution in [-0.2, 0) is 9.59 Å². The summed E-state index contributed by atoms with van der Waals surface area (Å²) < 4.78 is 0. The van der Waals surface area contributed by atoms with Crippen molar-refractivity contribution in [1.29, 1.82) is 5.26 Å². The molecule has 0 bridgehead atoms. The molecule has 0 spiro atoms. The van der Waals surface area contributed by atoms with E-state index >= 15 is 0 Å². The van der Waals surface area contributed by atoms with Crippen molar-refractivity contribution in [2.45, 2.75) is 32.2 Å². The van der Waals surface area contributed by atoms with Gasteiger partial charge in [-0.05, 0) is 6.42 Å². The van der Waals surface area contributed by atoms with Crippen LogP contribution in [0.5, 0.6) is 0 Å². The van der Waals surface area contributed by atoms with Crippen LogP contribution in [0.25, 0.3) is 0 Å². The molecular weight excluding hydrogens is 196 g/mol. The molecule has 0 aromatic carbocycles. The highest BCUT2D eigenvalue weighted by Crippen LogP contribution is 2.19. The van der Waals surface area contributed by atoms with Gasteiger partial charge >= 0.3 is 5.97 Å². The van der Waals surface area contributed by atoms with E-state index in [-0.39, 0.29) is 24.3 Å². The Morgan fingerprint density at radius 1 is 1.53 bits per heavy atom. The van der Waals surface area contributed by atoms with Gasteiger partial charge in [-0.15, -0.1) is 0 Å². The molecule has 1 amide bonds. The van der Waals surface area contributed by atoms with Crippen molar-refractivity contribution >= 4 is 11.9 Å². The van der Waals surface area contributed by atoms with Gasteiger partial charge in [-0.1, -0.05) is 20.4 Å². The summed E-state index contributed by atoms with van der Waals surface area (Å²) in [6.07, 6.45) is 0.358. The molecule has 0 aromatic heterocycles. The van der Waals surface area contributed by atoms with Crippen molar-refractivity contribution in [2.24, 2.45) is 0 Å². The third-order valence-electron chi connectivity index (χ3n) is 2.17. The summed E-state index contributed by atoms with van der Waals surface area (Å²) >= 11 is 0. The maximum absolute atomic E-state index is 11.2. The molecule has 1 atom stereocenters. The first-order chi connectivity index (χ1) is 6.93.